The number of pyridine rings is 1. The zero-order valence-electron chi connectivity index (χ0n) is 12.7. The van der Waals surface area contributed by atoms with Gasteiger partial charge < -0.3 is 10.2 Å². The molecule has 0 radical (unpaired) electrons. The Morgan fingerprint density at radius 1 is 1.23 bits per heavy atom. The summed E-state index contributed by atoms with van der Waals surface area (Å²) in [7, 11) is 0. The van der Waals surface area contributed by atoms with E-state index in [4.69, 9.17) is 0 Å². The first-order chi connectivity index (χ1) is 10.5. The second kappa shape index (κ2) is 7.36. The molecule has 1 heterocycles. The number of nitrogens with zero attached hydrogens (tertiary/aromatic N) is 2. The summed E-state index contributed by atoms with van der Waals surface area (Å²) in [5.41, 5.74) is 2.69. The van der Waals surface area contributed by atoms with E-state index in [-0.39, 0.29) is 18.4 Å². The van der Waals surface area contributed by atoms with Gasteiger partial charge in [-0.3, -0.25) is 14.6 Å². The zero-order chi connectivity index (χ0) is 15.9. The molecule has 0 saturated carbocycles. The van der Waals surface area contributed by atoms with E-state index in [0.29, 0.717) is 6.54 Å². The minimum Gasteiger partial charge on any atom is -0.329 e. The normalized spacial score (nSPS) is 10.1. The topological polar surface area (TPSA) is 62.3 Å². The number of carbonyl (C=O) groups is 2. The highest BCUT2D eigenvalue weighted by atomic mass is 16.2. The lowest BCUT2D eigenvalue weighted by Crippen LogP contribution is -2.36. The molecule has 0 fully saturated rings. The van der Waals surface area contributed by atoms with Crippen LogP contribution < -0.4 is 5.32 Å². The molecule has 2 rings (SSSR count). The number of benzene rings is 1. The second-order valence-electron chi connectivity index (χ2n) is 5.15. The number of amides is 2. The standard InChI is InChI=1S/C17H19N3O2/c1-13-5-3-7-16(9-13)19-17(22)12-20(14(2)21)11-15-6-4-8-18-10-15/h3-10H,11-12H2,1-2H3,(H,19,22). The minimum absolute atomic E-state index is 0.0121. The number of carbonyl (C=O) groups excluding carboxylic acids is 2. The first-order valence-corrected chi connectivity index (χ1v) is 7.05. The molecule has 1 N–H and O–H groups in total. The highest BCUT2D eigenvalue weighted by Gasteiger charge is 2.14. The fourth-order valence-corrected chi connectivity index (χ4v) is 2.09. The summed E-state index contributed by atoms with van der Waals surface area (Å²) in [5, 5.41) is 2.81. The van der Waals surface area contributed by atoms with Crippen LogP contribution in [0.1, 0.15) is 18.1 Å². The van der Waals surface area contributed by atoms with Crippen molar-refractivity contribution in [3.05, 3.63) is 59.9 Å². The summed E-state index contributed by atoms with van der Waals surface area (Å²) in [4.78, 5) is 29.3. The van der Waals surface area contributed by atoms with Crippen LogP contribution in [0.2, 0.25) is 0 Å². The van der Waals surface area contributed by atoms with Crippen LogP contribution in [0.3, 0.4) is 0 Å². The summed E-state index contributed by atoms with van der Waals surface area (Å²) < 4.78 is 0. The third kappa shape index (κ3) is 4.70. The van der Waals surface area contributed by atoms with Crippen molar-refractivity contribution in [1.29, 1.82) is 0 Å². The number of anilines is 1. The molecular weight excluding hydrogens is 278 g/mol. The molecule has 0 unspecified atom stereocenters. The Balaban J connectivity index is 1.98. The molecule has 2 amide bonds. The molecule has 1 aromatic heterocycles. The van der Waals surface area contributed by atoms with Gasteiger partial charge >= 0.3 is 0 Å². The maximum Gasteiger partial charge on any atom is 0.244 e. The summed E-state index contributed by atoms with van der Waals surface area (Å²) >= 11 is 0. The van der Waals surface area contributed by atoms with Crippen molar-refractivity contribution in [2.24, 2.45) is 0 Å². The van der Waals surface area contributed by atoms with Gasteiger partial charge in [-0.2, -0.15) is 0 Å². The Hall–Kier alpha value is -2.69. The quantitative estimate of drug-likeness (QED) is 0.921. The van der Waals surface area contributed by atoms with Crippen LogP contribution in [0.15, 0.2) is 48.8 Å². The van der Waals surface area contributed by atoms with Gasteiger partial charge in [0.25, 0.3) is 0 Å². The number of hydrogen-bond donors (Lipinski definition) is 1. The van der Waals surface area contributed by atoms with E-state index >= 15 is 0 Å². The Kier molecular flexibility index (Phi) is 5.25. The Labute approximate surface area is 130 Å². The molecule has 22 heavy (non-hydrogen) atoms. The molecule has 1 aromatic carbocycles. The highest BCUT2D eigenvalue weighted by Crippen LogP contribution is 2.10. The molecule has 5 heteroatoms. The Morgan fingerprint density at radius 2 is 2.05 bits per heavy atom. The molecular formula is C17H19N3O2. The second-order valence-corrected chi connectivity index (χ2v) is 5.15. The van der Waals surface area contributed by atoms with Crippen LogP contribution in [0.5, 0.6) is 0 Å². The number of rotatable bonds is 5. The van der Waals surface area contributed by atoms with Gasteiger partial charge in [-0.25, -0.2) is 0 Å². The fourth-order valence-electron chi connectivity index (χ4n) is 2.09. The lowest BCUT2D eigenvalue weighted by Gasteiger charge is -2.20. The smallest absolute Gasteiger partial charge is 0.244 e. The van der Waals surface area contributed by atoms with Crippen LogP contribution in [-0.2, 0) is 16.1 Å². The molecule has 0 atom stereocenters. The third-order valence-corrected chi connectivity index (χ3v) is 3.18. The van der Waals surface area contributed by atoms with Crippen molar-refractivity contribution in [3.8, 4) is 0 Å². The van der Waals surface area contributed by atoms with Crippen LogP contribution in [0, 0.1) is 6.92 Å². The van der Waals surface area contributed by atoms with E-state index in [1.54, 1.807) is 18.5 Å². The molecule has 5 nitrogen and oxygen atoms in total. The average Bonchev–Trinajstić information content (AvgIpc) is 2.47. The SMILES string of the molecule is CC(=O)N(CC(=O)Nc1cccc(C)c1)Cc1cccnc1. The van der Waals surface area contributed by atoms with Crippen molar-refractivity contribution in [1.82, 2.24) is 9.88 Å². The molecule has 0 aliphatic carbocycles. The molecule has 0 aliphatic heterocycles. The highest BCUT2D eigenvalue weighted by molar-refractivity contribution is 5.94. The number of aromatic nitrogens is 1. The van der Waals surface area contributed by atoms with E-state index in [0.717, 1.165) is 16.8 Å². The van der Waals surface area contributed by atoms with Crippen molar-refractivity contribution >= 4 is 17.5 Å². The van der Waals surface area contributed by atoms with Crippen molar-refractivity contribution in [2.75, 3.05) is 11.9 Å². The van der Waals surface area contributed by atoms with Crippen LogP contribution in [-0.4, -0.2) is 28.2 Å². The monoisotopic (exact) mass is 297 g/mol. The van der Waals surface area contributed by atoms with E-state index < -0.39 is 0 Å². The molecule has 0 saturated heterocycles. The predicted octanol–water partition coefficient (Wildman–Crippen LogP) is 2.38. The summed E-state index contributed by atoms with van der Waals surface area (Å²) in [6.07, 6.45) is 3.36. The van der Waals surface area contributed by atoms with Crippen LogP contribution in [0.4, 0.5) is 5.69 Å². The summed E-state index contributed by atoms with van der Waals surface area (Å²) in [5.74, 6) is -0.368. The average molecular weight is 297 g/mol. The van der Waals surface area contributed by atoms with Gasteiger partial charge in [0, 0.05) is 31.5 Å². The van der Waals surface area contributed by atoms with Gasteiger partial charge in [-0.1, -0.05) is 18.2 Å². The van der Waals surface area contributed by atoms with Crippen LogP contribution in [0.25, 0.3) is 0 Å². The maximum absolute atomic E-state index is 12.1. The lowest BCUT2D eigenvalue weighted by molar-refractivity contribution is -0.133. The first kappa shape index (κ1) is 15.7. The van der Waals surface area contributed by atoms with Gasteiger partial charge in [0.2, 0.25) is 11.8 Å². The molecule has 0 spiro atoms. The van der Waals surface area contributed by atoms with Crippen molar-refractivity contribution in [3.63, 3.8) is 0 Å². The molecule has 0 bridgehead atoms. The van der Waals surface area contributed by atoms with E-state index in [1.807, 2.05) is 37.3 Å². The number of nitrogens with one attached hydrogen (secondary N) is 1. The van der Waals surface area contributed by atoms with Crippen molar-refractivity contribution in [2.45, 2.75) is 20.4 Å². The fraction of sp³-hybridized carbons (Fsp3) is 0.235. The summed E-state index contributed by atoms with van der Waals surface area (Å²) in [6, 6.07) is 11.2. The van der Waals surface area contributed by atoms with E-state index in [9.17, 15) is 9.59 Å². The minimum atomic E-state index is -0.218. The lowest BCUT2D eigenvalue weighted by atomic mass is 10.2. The molecule has 114 valence electrons. The van der Waals surface area contributed by atoms with Gasteiger partial charge in [0.15, 0.2) is 0 Å². The van der Waals surface area contributed by atoms with Gasteiger partial charge in [0.05, 0.1) is 0 Å². The predicted molar refractivity (Wildman–Crippen MR) is 85.1 cm³/mol. The van der Waals surface area contributed by atoms with Crippen molar-refractivity contribution < 1.29 is 9.59 Å². The largest absolute Gasteiger partial charge is 0.329 e. The summed E-state index contributed by atoms with van der Waals surface area (Å²) in [6.45, 7) is 3.79. The molecule has 2 aromatic rings. The van der Waals surface area contributed by atoms with Gasteiger partial charge in [-0.05, 0) is 36.2 Å². The first-order valence-electron chi connectivity index (χ1n) is 7.05. The van der Waals surface area contributed by atoms with Gasteiger partial charge in [-0.15, -0.1) is 0 Å². The van der Waals surface area contributed by atoms with Crippen LogP contribution >= 0.6 is 0 Å². The van der Waals surface area contributed by atoms with Gasteiger partial charge in [0.1, 0.15) is 6.54 Å². The number of hydrogen-bond acceptors (Lipinski definition) is 3. The number of aryl methyl sites for hydroxylation is 1. The maximum atomic E-state index is 12.1. The zero-order valence-corrected chi connectivity index (χ0v) is 12.7. The van der Waals surface area contributed by atoms with E-state index in [2.05, 4.69) is 10.3 Å². The third-order valence-electron chi connectivity index (χ3n) is 3.18. The Morgan fingerprint density at radius 3 is 2.68 bits per heavy atom. The molecule has 0 aliphatic rings. The Bertz CT molecular complexity index is 656. The van der Waals surface area contributed by atoms with E-state index in [1.165, 1.54) is 11.8 Å².